The molecule has 2 heterocycles. The lowest BCUT2D eigenvalue weighted by atomic mass is 9.88. The molecule has 0 spiro atoms. The van der Waals surface area contributed by atoms with Gasteiger partial charge < -0.3 is 5.73 Å². The van der Waals surface area contributed by atoms with Gasteiger partial charge in [-0.2, -0.15) is 9.97 Å². The summed E-state index contributed by atoms with van der Waals surface area (Å²) < 4.78 is 0. The smallest absolute Gasteiger partial charge is 0.223 e. The molecule has 3 rings (SSSR count). The molecule has 0 unspecified atom stereocenters. The van der Waals surface area contributed by atoms with Crippen molar-refractivity contribution in [1.82, 2.24) is 19.9 Å². The number of anilines is 1. The average Bonchev–Trinajstić information content (AvgIpc) is 2.55. The van der Waals surface area contributed by atoms with Crippen molar-refractivity contribution < 1.29 is 0 Å². The maximum absolute atomic E-state index is 5.92. The standard InChI is InChI=1S/C16H21N5/c1-2-11-10-18-9-8-13(11)15-19-14(20-16(17)21-15)12-6-4-3-5-7-12/h8-10,12H,2-7H2,1H3,(H2,17,19,20,21). The van der Waals surface area contributed by atoms with E-state index in [1.165, 1.54) is 19.3 Å². The lowest BCUT2D eigenvalue weighted by Gasteiger charge is -2.20. The zero-order chi connectivity index (χ0) is 14.7. The highest BCUT2D eigenvalue weighted by atomic mass is 15.1. The van der Waals surface area contributed by atoms with Crippen LogP contribution in [-0.2, 0) is 6.42 Å². The molecule has 0 aromatic carbocycles. The summed E-state index contributed by atoms with van der Waals surface area (Å²) >= 11 is 0. The van der Waals surface area contributed by atoms with E-state index < -0.39 is 0 Å². The van der Waals surface area contributed by atoms with Crippen molar-refractivity contribution in [2.45, 2.75) is 51.4 Å². The number of hydrogen-bond donors (Lipinski definition) is 1. The van der Waals surface area contributed by atoms with Gasteiger partial charge in [-0.05, 0) is 30.9 Å². The van der Waals surface area contributed by atoms with E-state index in [2.05, 4.69) is 21.9 Å². The van der Waals surface area contributed by atoms with Gasteiger partial charge >= 0.3 is 0 Å². The molecule has 110 valence electrons. The normalized spacial score (nSPS) is 16.0. The van der Waals surface area contributed by atoms with Crippen LogP contribution in [0.15, 0.2) is 18.5 Å². The predicted molar refractivity (Wildman–Crippen MR) is 82.7 cm³/mol. The highest BCUT2D eigenvalue weighted by Gasteiger charge is 2.20. The van der Waals surface area contributed by atoms with Crippen LogP contribution in [0.2, 0.25) is 0 Å². The monoisotopic (exact) mass is 283 g/mol. The first-order chi connectivity index (χ1) is 10.3. The van der Waals surface area contributed by atoms with Crippen LogP contribution in [0.3, 0.4) is 0 Å². The van der Waals surface area contributed by atoms with E-state index >= 15 is 0 Å². The van der Waals surface area contributed by atoms with Crippen LogP contribution < -0.4 is 5.73 Å². The summed E-state index contributed by atoms with van der Waals surface area (Å²) in [4.78, 5) is 17.6. The zero-order valence-corrected chi connectivity index (χ0v) is 12.4. The zero-order valence-electron chi connectivity index (χ0n) is 12.4. The van der Waals surface area contributed by atoms with E-state index in [4.69, 9.17) is 10.7 Å². The largest absolute Gasteiger partial charge is 0.368 e. The van der Waals surface area contributed by atoms with Crippen LogP contribution in [-0.4, -0.2) is 19.9 Å². The van der Waals surface area contributed by atoms with Gasteiger partial charge in [0.25, 0.3) is 0 Å². The van der Waals surface area contributed by atoms with Crippen molar-refractivity contribution in [3.8, 4) is 11.4 Å². The van der Waals surface area contributed by atoms with Gasteiger partial charge in [-0.3, -0.25) is 4.98 Å². The van der Waals surface area contributed by atoms with Gasteiger partial charge in [0.2, 0.25) is 5.95 Å². The second-order valence-electron chi connectivity index (χ2n) is 5.60. The molecule has 1 saturated carbocycles. The minimum atomic E-state index is 0.319. The van der Waals surface area contributed by atoms with Crippen molar-refractivity contribution in [2.24, 2.45) is 0 Å². The van der Waals surface area contributed by atoms with E-state index in [1.54, 1.807) is 6.20 Å². The fourth-order valence-electron chi connectivity index (χ4n) is 3.00. The van der Waals surface area contributed by atoms with E-state index in [-0.39, 0.29) is 0 Å². The summed E-state index contributed by atoms with van der Waals surface area (Å²) in [6.07, 6.45) is 10.7. The molecule has 2 N–H and O–H groups in total. The maximum Gasteiger partial charge on any atom is 0.223 e. The fourth-order valence-corrected chi connectivity index (χ4v) is 3.00. The lowest BCUT2D eigenvalue weighted by Crippen LogP contribution is -2.12. The number of nitrogens with two attached hydrogens (primary N) is 1. The Morgan fingerprint density at radius 3 is 2.71 bits per heavy atom. The molecular formula is C16H21N5. The first-order valence-electron chi connectivity index (χ1n) is 7.72. The van der Waals surface area contributed by atoms with Gasteiger partial charge in [-0.25, -0.2) is 4.98 Å². The topological polar surface area (TPSA) is 77.6 Å². The van der Waals surface area contributed by atoms with Crippen molar-refractivity contribution in [3.05, 3.63) is 29.8 Å². The van der Waals surface area contributed by atoms with Crippen LogP contribution in [0, 0.1) is 0 Å². The van der Waals surface area contributed by atoms with Gasteiger partial charge in [0, 0.05) is 23.9 Å². The summed E-state index contributed by atoms with van der Waals surface area (Å²) in [5.41, 5.74) is 8.07. The molecule has 5 nitrogen and oxygen atoms in total. The highest BCUT2D eigenvalue weighted by Crippen LogP contribution is 2.32. The average molecular weight is 283 g/mol. The number of nitrogen functional groups attached to an aromatic ring is 1. The molecule has 0 radical (unpaired) electrons. The van der Waals surface area contributed by atoms with E-state index in [1.807, 2.05) is 12.3 Å². The maximum atomic E-state index is 5.92. The van der Waals surface area contributed by atoms with Crippen molar-refractivity contribution in [3.63, 3.8) is 0 Å². The first-order valence-corrected chi connectivity index (χ1v) is 7.72. The molecule has 2 aromatic rings. The van der Waals surface area contributed by atoms with Crippen molar-refractivity contribution >= 4 is 5.95 Å². The molecule has 1 aliphatic rings. The molecule has 1 fully saturated rings. The van der Waals surface area contributed by atoms with E-state index in [0.29, 0.717) is 17.7 Å². The molecule has 0 aliphatic heterocycles. The highest BCUT2D eigenvalue weighted by molar-refractivity contribution is 5.60. The number of pyridine rings is 1. The minimum Gasteiger partial charge on any atom is -0.368 e. The number of aryl methyl sites for hydroxylation is 1. The lowest BCUT2D eigenvalue weighted by molar-refractivity contribution is 0.428. The van der Waals surface area contributed by atoms with E-state index in [0.717, 1.165) is 36.2 Å². The molecule has 0 amide bonds. The first kappa shape index (κ1) is 13.9. The Labute approximate surface area is 125 Å². The molecular weight excluding hydrogens is 262 g/mol. The van der Waals surface area contributed by atoms with Gasteiger partial charge in [-0.1, -0.05) is 26.2 Å². The summed E-state index contributed by atoms with van der Waals surface area (Å²) in [5, 5.41) is 0. The third kappa shape index (κ3) is 3.01. The van der Waals surface area contributed by atoms with Gasteiger partial charge in [0.05, 0.1) is 0 Å². The summed E-state index contributed by atoms with van der Waals surface area (Å²) in [7, 11) is 0. The molecule has 0 atom stereocenters. The Morgan fingerprint density at radius 2 is 1.95 bits per heavy atom. The summed E-state index contributed by atoms with van der Waals surface area (Å²) in [6, 6.07) is 1.96. The second kappa shape index (κ2) is 6.16. The Bertz CT molecular complexity index is 620. The molecule has 2 aromatic heterocycles. The van der Waals surface area contributed by atoms with Crippen LogP contribution in [0.25, 0.3) is 11.4 Å². The molecule has 1 aliphatic carbocycles. The SMILES string of the molecule is CCc1cnccc1-c1nc(N)nc(C2CCCCC2)n1. The van der Waals surface area contributed by atoms with Crippen molar-refractivity contribution in [2.75, 3.05) is 5.73 Å². The van der Waals surface area contributed by atoms with E-state index in [9.17, 15) is 0 Å². The Hall–Kier alpha value is -2.04. The van der Waals surface area contributed by atoms with Crippen LogP contribution in [0.1, 0.15) is 56.3 Å². The third-order valence-electron chi connectivity index (χ3n) is 4.17. The number of nitrogens with zero attached hydrogens (tertiary/aromatic N) is 4. The van der Waals surface area contributed by atoms with Gasteiger partial charge in [0.15, 0.2) is 5.82 Å². The Kier molecular flexibility index (Phi) is 4.08. The minimum absolute atomic E-state index is 0.319. The van der Waals surface area contributed by atoms with Gasteiger partial charge in [0.1, 0.15) is 5.82 Å². The Morgan fingerprint density at radius 1 is 1.14 bits per heavy atom. The molecule has 0 bridgehead atoms. The fraction of sp³-hybridized carbons (Fsp3) is 0.500. The quantitative estimate of drug-likeness (QED) is 0.936. The predicted octanol–water partition coefficient (Wildman–Crippen LogP) is 3.13. The number of hydrogen-bond acceptors (Lipinski definition) is 5. The summed E-state index contributed by atoms with van der Waals surface area (Å²) in [5.74, 6) is 2.28. The number of rotatable bonds is 3. The number of aromatic nitrogens is 4. The van der Waals surface area contributed by atoms with Crippen LogP contribution >= 0.6 is 0 Å². The van der Waals surface area contributed by atoms with Crippen molar-refractivity contribution in [1.29, 1.82) is 0 Å². The molecule has 0 saturated heterocycles. The molecule has 21 heavy (non-hydrogen) atoms. The van der Waals surface area contributed by atoms with Crippen LogP contribution in [0.5, 0.6) is 0 Å². The Balaban J connectivity index is 2.01. The van der Waals surface area contributed by atoms with Crippen LogP contribution in [0.4, 0.5) is 5.95 Å². The molecule has 5 heteroatoms. The van der Waals surface area contributed by atoms with Gasteiger partial charge in [-0.15, -0.1) is 0 Å². The third-order valence-corrected chi connectivity index (χ3v) is 4.17. The summed E-state index contributed by atoms with van der Waals surface area (Å²) in [6.45, 7) is 2.10. The second-order valence-corrected chi connectivity index (χ2v) is 5.60.